The Bertz CT molecular complexity index is 394. The number of hydrogen-bond donors (Lipinski definition) is 2. The van der Waals surface area contributed by atoms with Crippen LogP contribution in [0.1, 0.15) is 18.4 Å². The van der Waals surface area contributed by atoms with Gasteiger partial charge >= 0.3 is 5.69 Å². The zero-order valence-corrected chi connectivity index (χ0v) is 9.56. The van der Waals surface area contributed by atoms with Gasteiger partial charge in [-0.2, -0.15) is 0 Å². The first-order valence-corrected chi connectivity index (χ1v) is 5.04. The number of phenolic OH excluding ortho intramolecular Hbond substituents is 1. The van der Waals surface area contributed by atoms with Crippen molar-refractivity contribution in [3.8, 4) is 5.75 Å². The van der Waals surface area contributed by atoms with Crippen LogP contribution in [0.15, 0.2) is 16.6 Å². The highest BCUT2D eigenvalue weighted by atomic mass is 79.9. The lowest BCUT2D eigenvalue weighted by Gasteiger charge is -2.09. The number of phenols is 1. The first-order chi connectivity index (χ1) is 6.97. The number of nitro groups is 1. The van der Waals surface area contributed by atoms with Gasteiger partial charge in [0.2, 0.25) is 5.75 Å². The van der Waals surface area contributed by atoms with E-state index in [-0.39, 0.29) is 22.7 Å². The lowest BCUT2D eigenvalue weighted by atomic mass is 10.0. The standard InChI is InChI=1S/C9H10BrNO4/c1-5(4-12)6-2-7(10)9(13)8(3-6)11(14)15/h2-3,5,12-13H,4H2,1H3. The third-order valence-corrected chi connectivity index (χ3v) is 2.71. The normalized spacial score (nSPS) is 12.5. The Morgan fingerprint density at radius 3 is 2.67 bits per heavy atom. The van der Waals surface area contributed by atoms with E-state index in [2.05, 4.69) is 15.9 Å². The highest BCUT2D eigenvalue weighted by molar-refractivity contribution is 9.10. The van der Waals surface area contributed by atoms with Gasteiger partial charge in [-0.25, -0.2) is 0 Å². The van der Waals surface area contributed by atoms with Gasteiger partial charge < -0.3 is 10.2 Å². The van der Waals surface area contributed by atoms with Gasteiger partial charge in [0.25, 0.3) is 0 Å². The van der Waals surface area contributed by atoms with E-state index in [0.717, 1.165) is 0 Å². The quantitative estimate of drug-likeness (QED) is 0.654. The summed E-state index contributed by atoms with van der Waals surface area (Å²) in [6.45, 7) is 1.64. The molecule has 0 saturated carbocycles. The monoisotopic (exact) mass is 275 g/mol. The molecular formula is C9H10BrNO4. The molecule has 1 aromatic carbocycles. The lowest BCUT2D eigenvalue weighted by Crippen LogP contribution is -2.00. The molecule has 0 aliphatic heterocycles. The molecule has 1 aromatic rings. The smallest absolute Gasteiger partial charge is 0.312 e. The Hall–Kier alpha value is -1.14. The van der Waals surface area contributed by atoms with Crippen molar-refractivity contribution in [1.29, 1.82) is 0 Å². The molecule has 1 rings (SSSR count). The summed E-state index contributed by atoms with van der Waals surface area (Å²) >= 11 is 3.03. The molecule has 0 aromatic heterocycles. The summed E-state index contributed by atoms with van der Waals surface area (Å²) in [6.07, 6.45) is 0. The van der Waals surface area contributed by atoms with E-state index in [9.17, 15) is 15.2 Å². The summed E-state index contributed by atoms with van der Waals surface area (Å²) in [6, 6.07) is 2.82. The van der Waals surface area contributed by atoms with Gasteiger partial charge in [0, 0.05) is 18.6 Å². The Kier molecular flexibility index (Phi) is 3.65. The summed E-state index contributed by atoms with van der Waals surface area (Å²) in [5.74, 6) is -0.602. The van der Waals surface area contributed by atoms with E-state index >= 15 is 0 Å². The van der Waals surface area contributed by atoms with Gasteiger partial charge in [0.05, 0.1) is 9.40 Å². The van der Waals surface area contributed by atoms with Crippen molar-refractivity contribution in [3.05, 3.63) is 32.3 Å². The molecule has 1 atom stereocenters. The Labute approximate surface area is 94.6 Å². The number of aliphatic hydroxyl groups excluding tert-OH is 1. The van der Waals surface area contributed by atoms with Crippen LogP contribution in [-0.4, -0.2) is 21.7 Å². The van der Waals surface area contributed by atoms with Crippen molar-refractivity contribution < 1.29 is 15.1 Å². The van der Waals surface area contributed by atoms with Crippen LogP contribution in [-0.2, 0) is 0 Å². The number of benzene rings is 1. The molecule has 0 fully saturated rings. The van der Waals surface area contributed by atoms with Crippen molar-refractivity contribution in [1.82, 2.24) is 0 Å². The van der Waals surface area contributed by atoms with Gasteiger partial charge in [0.15, 0.2) is 0 Å². The minimum absolute atomic E-state index is 0.103. The molecule has 1 unspecified atom stereocenters. The van der Waals surface area contributed by atoms with Crippen molar-refractivity contribution in [2.24, 2.45) is 0 Å². The number of aliphatic hydroxyl groups is 1. The maximum atomic E-state index is 10.6. The number of nitro benzene ring substituents is 1. The summed E-state index contributed by atoms with van der Waals surface area (Å²) in [4.78, 5) is 9.94. The number of rotatable bonds is 3. The number of halogens is 1. The molecule has 0 spiro atoms. The molecule has 0 radical (unpaired) electrons. The van der Waals surface area contributed by atoms with E-state index in [1.165, 1.54) is 6.07 Å². The maximum absolute atomic E-state index is 10.6. The fourth-order valence-corrected chi connectivity index (χ4v) is 1.60. The molecule has 0 bridgehead atoms. The van der Waals surface area contributed by atoms with Crippen LogP contribution in [0.25, 0.3) is 0 Å². The summed E-state index contributed by atoms with van der Waals surface area (Å²) in [5, 5.41) is 28.9. The van der Waals surface area contributed by atoms with Crippen molar-refractivity contribution >= 4 is 21.6 Å². The maximum Gasteiger partial charge on any atom is 0.312 e. The highest BCUT2D eigenvalue weighted by Gasteiger charge is 2.19. The van der Waals surface area contributed by atoms with Gasteiger partial charge in [-0.3, -0.25) is 10.1 Å². The van der Waals surface area contributed by atoms with Crippen LogP contribution in [0.3, 0.4) is 0 Å². The molecule has 2 N–H and O–H groups in total. The Morgan fingerprint density at radius 1 is 1.60 bits per heavy atom. The van der Waals surface area contributed by atoms with Gasteiger partial charge in [-0.1, -0.05) is 6.92 Å². The average Bonchev–Trinajstić information content (AvgIpc) is 2.20. The summed E-state index contributed by atoms with van der Waals surface area (Å²) < 4.78 is 0.256. The lowest BCUT2D eigenvalue weighted by molar-refractivity contribution is -0.386. The van der Waals surface area contributed by atoms with Crippen molar-refractivity contribution in [2.45, 2.75) is 12.8 Å². The second-order valence-corrected chi connectivity index (χ2v) is 4.07. The number of nitrogens with zero attached hydrogens (tertiary/aromatic N) is 1. The zero-order chi connectivity index (χ0) is 11.6. The number of hydrogen-bond acceptors (Lipinski definition) is 4. The predicted molar refractivity (Wildman–Crippen MR) is 58.0 cm³/mol. The summed E-state index contributed by atoms with van der Waals surface area (Å²) in [5.41, 5.74) is 0.244. The third-order valence-electron chi connectivity index (χ3n) is 2.11. The summed E-state index contributed by atoms with van der Waals surface area (Å²) in [7, 11) is 0. The van der Waals surface area contributed by atoms with Crippen LogP contribution in [0, 0.1) is 10.1 Å². The van der Waals surface area contributed by atoms with Gasteiger partial charge in [-0.05, 0) is 27.6 Å². The molecule has 6 heteroatoms. The van der Waals surface area contributed by atoms with Crippen LogP contribution in [0.5, 0.6) is 5.75 Å². The molecule has 0 saturated heterocycles. The second kappa shape index (κ2) is 4.59. The van der Waals surface area contributed by atoms with E-state index in [1.807, 2.05) is 0 Å². The minimum Gasteiger partial charge on any atom is -0.501 e. The Morgan fingerprint density at radius 2 is 2.20 bits per heavy atom. The molecule has 15 heavy (non-hydrogen) atoms. The van der Waals surface area contributed by atoms with E-state index in [0.29, 0.717) is 5.56 Å². The fraction of sp³-hybridized carbons (Fsp3) is 0.333. The highest BCUT2D eigenvalue weighted by Crippen LogP contribution is 2.36. The first-order valence-electron chi connectivity index (χ1n) is 4.25. The molecule has 0 aliphatic carbocycles. The average molecular weight is 276 g/mol. The van der Waals surface area contributed by atoms with E-state index < -0.39 is 10.7 Å². The molecular weight excluding hydrogens is 266 g/mol. The topological polar surface area (TPSA) is 83.6 Å². The zero-order valence-electron chi connectivity index (χ0n) is 7.98. The van der Waals surface area contributed by atoms with Crippen LogP contribution < -0.4 is 0 Å². The molecule has 0 heterocycles. The third kappa shape index (κ3) is 2.45. The predicted octanol–water partition coefficient (Wildman–Crippen LogP) is 2.16. The van der Waals surface area contributed by atoms with E-state index in [1.54, 1.807) is 13.0 Å². The Balaban J connectivity index is 3.29. The van der Waals surface area contributed by atoms with Crippen LogP contribution in [0.2, 0.25) is 0 Å². The van der Waals surface area contributed by atoms with Crippen molar-refractivity contribution in [2.75, 3.05) is 6.61 Å². The molecule has 0 amide bonds. The van der Waals surface area contributed by atoms with Crippen LogP contribution >= 0.6 is 15.9 Å². The van der Waals surface area contributed by atoms with E-state index in [4.69, 9.17) is 5.11 Å². The molecule has 0 aliphatic rings. The van der Waals surface area contributed by atoms with Crippen molar-refractivity contribution in [3.63, 3.8) is 0 Å². The number of aromatic hydroxyl groups is 1. The molecule has 82 valence electrons. The SMILES string of the molecule is CC(CO)c1cc(Br)c(O)c([N+](=O)[O-])c1. The first kappa shape index (κ1) is 11.9. The second-order valence-electron chi connectivity index (χ2n) is 3.21. The van der Waals surface area contributed by atoms with Gasteiger partial charge in [-0.15, -0.1) is 0 Å². The van der Waals surface area contributed by atoms with Crippen LogP contribution in [0.4, 0.5) is 5.69 Å². The fourth-order valence-electron chi connectivity index (χ4n) is 1.13. The molecule has 5 nitrogen and oxygen atoms in total. The largest absolute Gasteiger partial charge is 0.501 e. The van der Waals surface area contributed by atoms with Gasteiger partial charge in [0.1, 0.15) is 0 Å². The minimum atomic E-state index is -0.659.